The molecule has 5 nitrogen and oxygen atoms in total. The second-order valence-corrected chi connectivity index (χ2v) is 6.17. The second-order valence-electron chi connectivity index (χ2n) is 6.17. The van der Waals surface area contributed by atoms with E-state index in [-0.39, 0.29) is 5.69 Å². The standard InChI is InChI=1S/C16H21N3O2/c1-11-7-6-8-13(9-11)10-19-12(2)14(17-18-19)15(20)21-16(3,4)5/h6-9H,10H2,1-5H3. The number of ether oxygens (including phenoxy) is 1. The summed E-state index contributed by atoms with van der Waals surface area (Å²) in [4.78, 5) is 12.1. The van der Waals surface area contributed by atoms with Crippen molar-refractivity contribution in [3.8, 4) is 0 Å². The average Bonchev–Trinajstić information content (AvgIpc) is 2.69. The van der Waals surface area contributed by atoms with Crippen molar-refractivity contribution in [3.63, 3.8) is 0 Å². The first-order valence-electron chi connectivity index (χ1n) is 6.95. The van der Waals surface area contributed by atoms with Crippen LogP contribution in [0.4, 0.5) is 0 Å². The molecular formula is C16H21N3O2. The summed E-state index contributed by atoms with van der Waals surface area (Å²) in [6.07, 6.45) is 0. The van der Waals surface area contributed by atoms with Crippen LogP contribution in [0.1, 0.15) is 48.1 Å². The summed E-state index contributed by atoms with van der Waals surface area (Å²) in [6, 6.07) is 8.17. The minimum absolute atomic E-state index is 0.276. The van der Waals surface area contributed by atoms with Crippen LogP contribution in [-0.4, -0.2) is 26.6 Å². The second kappa shape index (κ2) is 5.68. The lowest BCUT2D eigenvalue weighted by Gasteiger charge is -2.18. The third-order valence-corrected chi connectivity index (χ3v) is 2.99. The highest BCUT2D eigenvalue weighted by molar-refractivity contribution is 5.88. The van der Waals surface area contributed by atoms with Crippen molar-refractivity contribution in [2.24, 2.45) is 0 Å². The molecule has 1 aromatic carbocycles. The first kappa shape index (κ1) is 15.2. The Morgan fingerprint density at radius 1 is 1.29 bits per heavy atom. The minimum Gasteiger partial charge on any atom is -0.455 e. The summed E-state index contributed by atoms with van der Waals surface area (Å²) in [5.74, 6) is -0.435. The summed E-state index contributed by atoms with van der Waals surface area (Å²) in [6.45, 7) is 9.95. The Hall–Kier alpha value is -2.17. The van der Waals surface area contributed by atoms with Crippen molar-refractivity contribution in [1.29, 1.82) is 0 Å². The summed E-state index contributed by atoms with van der Waals surface area (Å²) in [5, 5.41) is 8.01. The molecule has 0 aliphatic heterocycles. The maximum atomic E-state index is 12.1. The highest BCUT2D eigenvalue weighted by Crippen LogP contribution is 2.14. The molecule has 1 heterocycles. The Morgan fingerprint density at radius 3 is 2.62 bits per heavy atom. The molecule has 0 N–H and O–H groups in total. The average molecular weight is 287 g/mol. The quantitative estimate of drug-likeness (QED) is 0.814. The number of benzene rings is 1. The van der Waals surface area contributed by atoms with Gasteiger partial charge in [-0.2, -0.15) is 0 Å². The van der Waals surface area contributed by atoms with Crippen LogP contribution in [0.3, 0.4) is 0 Å². The number of hydrogen-bond donors (Lipinski definition) is 0. The van der Waals surface area contributed by atoms with Gasteiger partial charge in [0, 0.05) is 0 Å². The molecule has 0 saturated carbocycles. The van der Waals surface area contributed by atoms with E-state index in [1.54, 1.807) is 4.68 Å². The molecule has 0 spiro atoms. The molecule has 0 atom stereocenters. The van der Waals surface area contributed by atoms with Gasteiger partial charge in [-0.05, 0) is 40.2 Å². The summed E-state index contributed by atoms with van der Waals surface area (Å²) >= 11 is 0. The topological polar surface area (TPSA) is 57.0 Å². The van der Waals surface area contributed by atoms with Crippen molar-refractivity contribution in [2.75, 3.05) is 0 Å². The van der Waals surface area contributed by atoms with Crippen LogP contribution in [0.15, 0.2) is 24.3 Å². The molecule has 0 bridgehead atoms. The van der Waals surface area contributed by atoms with Gasteiger partial charge in [0.15, 0.2) is 5.69 Å². The van der Waals surface area contributed by atoms with E-state index in [1.165, 1.54) is 5.56 Å². The van der Waals surface area contributed by atoms with E-state index >= 15 is 0 Å². The fourth-order valence-corrected chi connectivity index (χ4v) is 2.01. The third-order valence-electron chi connectivity index (χ3n) is 2.99. The maximum absolute atomic E-state index is 12.1. The third kappa shape index (κ3) is 3.90. The Labute approximate surface area is 124 Å². The fourth-order valence-electron chi connectivity index (χ4n) is 2.01. The molecule has 2 aromatic rings. The van der Waals surface area contributed by atoms with Gasteiger partial charge in [-0.1, -0.05) is 35.0 Å². The highest BCUT2D eigenvalue weighted by Gasteiger charge is 2.23. The molecule has 0 unspecified atom stereocenters. The van der Waals surface area contributed by atoms with Crippen LogP contribution in [0.25, 0.3) is 0 Å². The molecule has 0 saturated heterocycles. The summed E-state index contributed by atoms with van der Waals surface area (Å²) in [7, 11) is 0. The van der Waals surface area contributed by atoms with Crippen molar-refractivity contribution in [2.45, 2.75) is 46.8 Å². The number of aryl methyl sites for hydroxylation is 1. The number of rotatable bonds is 3. The van der Waals surface area contributed by atoms with Gasteiger partial charge in [0.1, 0.15) is 5.60 Å². The molecule has 112 valence electrons. The molecule has 0 radical (unpaired) electrons. The van der Waals surface area contributed by atoms with Gasteiger partial charge in [-0.3, -0.25) is 0 Å². The zero-order valence-electron chi connectivity index (χ0n) is 13.2. The van der Waals surface area contributed by atoms with Crippen LogP contribution < -0.4 is 0 Å². The number of nitrogens with zero attached hydrogens (tertiary/aromatic N) is 3. The predicted molar refractivity (Wildman–Crippen MR) is 80.2 cm³/mol. The van der Waals surface area contributed by atoms with Crippen LogP contribution in [0, 0.1) is 13.8 Å². The summed E-state index contributed by atoms with van der Waals surface area (Å²) in [5.41, 5.74) is 2.77. The molecular weight excluding hydrogens is 266 g/mol. The van der Waals surface area contributed by atoms with Crippen molar-refractivity contribution in [1.82, 2.24) is 15.0 Å². The lowest BCUT2D eigenvalue weighted by atomic mass is 10.1. The van der Waals surface area contributed by atoms with Crippen molar-refractivity contribution >= 4 is 5.97 Å². The Morgan fingerprint density at radius 2 is 2.00 bits per heavy atom. The number of hydrogen-bond acceptors (Lipinski definition) is 4. The van der Waals surface area contributed by atoms with Gasteiger partial charge in [0.05, 0.1) is 12.2 Å². The van der Waals surface area contributed by atoms with E-state index in [0.717, 1.165) is 5.56 Å². The first-order chi connectivity index (χ1) is 9.76. The lowest BCUT2D eigenvalue weighted by Crippen LogP contribution is -2.24. The highest BCUT2D eigenvalue weighted by atomic mass is 16.6. The largest absolute Gasteiger partial charge is 0.455 e. The molecule has 1 aromatic heterocycles. The normalized spacial score (nSPS) is 11.5. The Bertz CT molecular complexity index is 654. The molecule has 21 heavy (non-hydrogen) atoms. The van der Waals surface area contributed by atoms with E-state index in [9.17, 15) is 4.79 Å². The number of aromatic nitrogens is 3. The van der Waals surface area contributed by atoms with E-state index < -0.39 is 11.6 Å². The summed E-state index contributed by atoms with van der Waals surface area (Å²) < 4.78 is 7.05. The lowest BCUT2D eigenvalue weighted by molar-refractivity contribution is 0.00619. The van der Waals surface area contributed by atoms with Crippen molar-refractivity contribution in [3.05, 3.63) is 46.8 Å². The van der Waals surface area contributed by atoms with Crippen LogP contribution in [0.5, 0.6) is 0 Å². The van der Waals surface area contributed by atoms with Crippen molar-refractivity contribution < 1.29 is 9.53 Å². The fraction of sp³-hybridized carbons (Fsp3) is 0.438. The van der Waals surface area contributed by atoms with Crippen LogP contribution >= 0.6 is 0 Å². The van der Waals surface area contributed by atoms with E-state index in [1.807, 2.05) is 52.8 Å². The van der Waals surface area contributed by atoms with E-state index in [4.69, 9.17) is 4.74 Å². The Kier molecular flexibility index (Phi) is 4.11. The van der Waals surface area contributed by atoms with Gasteiger partial charge in [0.2, 0.25) is 0 Å². The molecule has 0 amide bonds. The smallest absolute Gasteiger partial charge is 0.361 e. The first-order valence-corrected chi connectivity index (χ1v) is 6.95. The SMILES string of the molecule is Cc1cccc(Cn2nnc(C(=O)OC(C)(C)C)c2C)c1. The number of carbonyl (C=O) groups is 1. The van der Waals surface area contributed by atoms with Crippen LogP contribution in [0.2, 0.25) is 0 Å². The maximum Gasteiger partial charge on any atom is 0.361 e. The zero-order valence-corrected chi connectivity index (χ0v) is 13.2. The number of esters is 1. The monoisotopic (exact) mass is 287 g/mol. The predicted octanol–water partition coefficient (Wildman–Crippen LogP) is 2.90. The van der Waals surface area contributed by atoms with E-state index in [2.05, 4.69) is 16.4 Å². The van der Waals surface area contributed by atoms with Gasteiger partial charge < -0.3 is 4.74 Å². The van der Waals surface area contributed by atoms with Gasteiger partial charge in [-0.25, -0.2) is 9.48 Å². The van der Waals surface area contributed by atoms with Gasteiger partial charge >= 0.3 is 5.97 Å². The molecule has 0 aliphatic rings. The number of carbonyl (C=O) groups excluding carboxylic acids is 1. The van der Waals surface area contributed by atoms with Gasteiger partial charge in [0.25, 0.3) is 0 Å². The minimum atomic E-state index is -0.538. The van der Waals surface area contributed by atoms with Crippen LogP contribution in [-0.2, 0) is 11.3 Å². The van der Waals surface area contributed by atoms with Gasteiger partial charge in [-0.15, -0.1) is 5.10 Å². The molecule has 5 heteroatoms. The zero-order chi connectivity index (χ0) is 15.6. The molecule has 0 aliphatic carbocycles. The van der Waals surface area contributed by atoms with E-state index in [0.29, 0.717) is 12.2 Å². The molecule has 0 fully saturated rings. The Balaban J connectivity index is 2.19. The molecule has 2 rings (SSSR count).